The van der Waals surface area contributed by atoms with Crippen LogP contribution in [0.4, 0.5) is 0 Å². The maximum Gasteiger partial charge on any atom is 0.123 e. The van der Waals surface area contributed by atoms with Crippen molar-refractivity contribution in [1.29, 1.82) is 0 Å². The summed E-state index contributed by atoms with van der Waals surface area (Å²) in [5.74, 6) is 0.444. The Balaban J connectivity index is 1.62. The molecule has 2 unspecified atom stereocenters. The zero-order valence-corrected chi connectivity index (χ0v) is 31.3. The average molecular weight is 643 g/mol. The van der Waals surface area contributed by atoms with Gasteiger partial charge in [-0.1, -0.05) is 210 Å². The second-order valence-corrected chi connectivity index (χ2v) is 14.7. The van der Waals surface area contributed by atoms with Crippen molar-refractivity contribution in [2.45, 2.75) is 186 Å². The van der Waals surface area contributed by atoms with E-state index >= 15 is 0 Å². The normalized spacial score (nSPS) is 16.7. The Bertz CT molecular complexity index is 1020. The summed E-state index contributed by atoms with van der Waals surface area (Å²) in [5.41, 5.74) is 2.88. The van der Waals surface area contributed by atoms with E-state index in [-0.39, 0.29) is 5.66 Å². The minimum absolute atomic E-state index is 0.0610. The molecule has 0 saturated heterocycles. The highest BCUT2D eigenvalue weighted by atomic mass is 15.4. The largest absolute Gasteiger partial charge is 0.353 e. The fourth-order valence-electron chi connectivity index (χ4n) is 8.15. The molecule has 0 fully saturated rings. The highest BCUT2D eigenvalue weighted by Crippen LogP contribution is 2.45. The van der Waals surface area contributed by atoms with Crippen molar-refractivity contribution in [3.63, 3.8) is 0 Å². The molecular weight excluding hydrogens is 569 g/mol. The van der Waals surface area contributed by atoms with Crippen LogP contribution in [0.15, 0.2) is 73.1 Å². The monoisotopic (exact) mass is 643 g/mol. The number of hydrogen-bond donors (Lipinski definition) is 0. The highest BCUT2D eigenvalue weighted by Gasteiger charge is 2.49. The Kier molecular flexibility index (Phi) is 20.7. The molecule has 1 aliphatic rings. The van der Waals surface area contributed by atoms with Gasteiger partial charge in [0.15, 0.2) is 0 Å². The lowest BCUT2D eigenvalue weighted by Crippen LogP contribution is -2.59. The Labute approximate surface area is 292 Å². The van der Waals surface area contributed by atoms with Crippen LogP contribution in [0.5, 0.6) is 0 Å². The molecule has 2 aromatic rings. The van der Waals surface area contributed by atoms with Crippen molar-refractivity contribution in [1.82, 2.24) is 9.80 Å². The van der Waals surface area contributed by atoms with Gasteiger partial charge in [0.25, 0.3) is 0 Å². The van der Waals surface area contributed by atoms with Crippen LogP contribution in [0.1, 0.15) is 185 Å². The molecule has 0 bridgehead atoms. The lowest BCUT2D eigenvalue weighted by Gasteiger charge is -2.51. The molecule has 2 atom stereocenters. The van der Waals surface area contributed by atoms with Gasteiger partial charge >= 0.3 is 0 Å². The smallest absolute Gasteiger partial charge is 0.123 e. The molecule has 0 amide bonds. The Morgan fingerprint density at radius 3 is 1.19 bits per heavy atom. The van der Waals surface area contributed by atoms with Gasteiger partial charge in [-0.15, -0.1) is 0 Å². The molecule has 1 heterocycles. The van der Waals surface area contributed by atoms with Gasteiger partial charge in [-0.2, -0.15) is 0 Å². The van der Waals surface area contributed by atoms with E-state index in [4.69, 9.17) is 0 Å². The van der Waals surface area contributed by atoms with Crippen molar-refractivity contribution < 1.29 is 0 Å². The quantitative estimate of drug-likeness (QED) is 0.0815. The van der Waals surface area contributed by atoms with E-state index in [1.807, 2.05) is 0 Å². The molecule has 47 heavy (non-hydrogen) atoms. The summed E-state index contributed by atoms with van der Waals surface area (Å²) in [5, 5.41) is 0. The predicted octanol–water partition coefficient (Wildman–Crippen LogP) is 13.8. The van der Waals surface area contributed by atoms with E-state index in [1.165, 1.54) is 152 Å². The third-order valence-electron chi connectivity index (χ3n) is 10.9. The number of unbranched alkanes of at least 4 members (excludes halogenated alkanes) is 20. The first-order valence-electron chi connectivity index (χ1n) is 20.6. The van der Waals surface area contributed by atoms with Crippen LogP contribution in [0.25, 0.3) is 0 Å². The van der Waals surface area contributed by atoms with E-state index in [0.29, 0.717) is 5.92 Å². The second kappa shape index (κ2) is 24.9. The lowest BCUT2D eigenvalue weighted by atomic mass is 9.78. The summed E-state index contributed by atoms with van der Waals surface area (Å²) in [4.78, 5) is 5.57. The molecule has 0 N–H and O–H groups in total. The van der Waals surface area contributed by atoms with Crippen LogP contribution in [0.2, 0.25) is 0 Å². The molecule has 0 aromatic heterocycles. The van der Waals surface area contributed by atoms with Gasteiger partial charge in [-0.05, 0) is 30.4 Å². The van der Waals surface area contributed by atoms with Crippen LogP contribution < -0.4 is 0 Å². The van der Waals surface area contributed by atoms with Crippen molar-refractivity contribution >= 4 is 0 Å². The molecule has 1 aliphatic heterocycles. The summed E-state index contributed by atoms with van der Waals surface area (Å²) in [7, 11) is 0. The lowest BCUT2D eigenvalue weighted by molar-refractivity contribution is -0.00378. The fraction of sp³-hybridized carbons (Fsp3) is 0.689. The molecule has 0 aliphatic carbocycles. The molecule has 2 nitrogen and oxygen atoms in total. The van der Waals surface area contributed by atoms with Gasteiger partial charge in [-0.3, -0.25) is 0 Å². The topological polar surface area (TPSA) is 6.48 Å². The number of nitrogens with zero attached hydrogens (tertiary/aromatic N) is 2. The van der Waals surface area contributed by atoms with Crippen LogP contribution in [0.3, 0.4) is 0 Å². The van der Waals surface area contributed by atoms with Crippen LogP contribution in [-0.4, -0.2) is 28.6 Å². The summed E-state index contributed by atoms with van der Waals surface area (Å²) in [6.07, 6.45) is 37.9. The zero-order valence-electron chi connectivity index (χ0n) is 31.3. The van der Waals surface area contributed by atoms with Gasteiger partial charge in [0.2, 0.25) is 0 Å². The average Bonchev–Trinajstić information content (AvgIpc) is 3.43. The molecule has 264 valence electrons. The van der Waals surface area contributed by atoms with E-state index in [0.717, 1.165) is 25.9 Å². The Morgan fingerprint density at radius 1 is 0.447 bits per heavy atom. The zero-order chi connectivity index (χ0) is 33.3. The SMILES string of the molecule is CCCCCCCCCCCCCCN1C=CN(CCCCCCCCCCCC)C1(Cc1ccccc1)C(CC)c1ccccc1. The van der Waals surface area contributed by atoms with E-state index < -0.39 is 0 Å². The van der Waals surface area contributed by atoms with Crippen molar-refractivity contribution in [2.75, 3.05) is 13.1 Å². The van der Waals surface area contributed by atoms with Crippen LogP contribution in [0, 0.1) is 0 Å². The molecular formula is C45H74N2. The van der Waals surface area contributed by atoms with E-state index in [1.54, 1.807) is 0 Å². The summed E-state index contributed by atoms with van der Waals surface area (Å²) in [6, 6.07) is 22.8. The minimum atomic E-state index is -0.0610. The van der Waals surface area contributed by atoms with E-state index in [2.05, 4.69) is 104 Å². The van der Waals surface area contributed by atoms with Gasteiger partial charge in [0.1, 0.15) is 5.66 Å². The molecule has 0 spiro atoms. The van der Waals surface area contributed by atoms with E-state index in [9.17, 15) is 0 Å². The third-order valence-corrected chi connectivity index (χ3v) is 10.9. The van der Waals surface area contributed by atoms with Crippen molar-refractivity contribution in [3.05, 3.63) is 84.2 Å². The fourth-order valence-corrected chi connectivity index (χ4v) is 8.15. The molecule has 0 radical (unpaired) electrons. The molecule has 3 rings (SSSR count). The van der Waals surface area contributed by atoms with Crippen LogP contribution in [-0.2, 0) is 6.42 Å². The van der Waals surface area contributed by atoms with Gasteiger partial charge in [0, 0.05) is 37.8 Å². The summed E-state index contributed by atoms with van der Waals surface area (Å²) in [6.45, 7) is 9.34. The maximum atomic E-state index is 2.79. The summed E-state index contributed by atoms with van der Waals surface area (Å²) < 4.78 is 0. The molecule has 0 saturated carbocycles. The highest BCUT2D eigenvalue weighted by molar-refractivity contribution is 5.30. The first-order valence-corrected chi connectivity index (χ1v) is 20.6. The van der Waals surface area contributed by atoms with Gasteiger partial charge in [-0.25, -0.2) is 0 Å². The second-order valence-electron chi connectivity index (χ2n) is 14.7. The van der Waals surface area contributed by atoms with Crippen molar-refractivity contribution in [2.24, 2.45) is 0 Å². The predicted molar refractivity (Wildman–Crippen MR) is 208 cm³/mol. The van der Waals surface area contributed by atoms with Gasteiger partial charge < -0.3 is 9.80 Å². The molecule has 2 aromatic carbocycles. The Morgan fingerprint density at radius 2 is 0.809 bits per heavy atom. The first-order chi connectivity index (χ1) is 23.3. The number of rotatable bonds is 29. The molecule has 2 heteroatoms. The van der Waals surface area contributed by atoms with Gasteiger partial charge in [0.05, 0.1) is 0 Å². The first kappa shape index (κ1) is 39.2. The third kappa shape index (κ3) is 14.0. The standard InChI is InChI=1S/C45H74N2/c1-4-7-9-11-13-15-17-18-20-22-24-32-38-47-40-39-46(37-31-23-21-19-16-14-12-10-8-5-2)45(47,41-42-33-27-25-28-34-42)44(6-3)43-35-29-26-30-36-43/h25-30,33-36,39-40,44H,4-24,31-32,37-38,41H2,1-3H3. The maximum absolute atomic E-state index is 2.79. The number of hydrogen-bond acceptors (Lipinski definition) is 2. The van der Waals surface area contributed by atoms with Crippen molar-refractivity contribution in [3.8, 4) is 0 Å². The minimum Gasteiger partial charge on any atom is -0.353 e. The number of benzene rings is 2. The summed E-state index contributed by atoms with van der Waals surface area (Å²) >= 11 is 0. The van der Waals surface area contributed by atoms with Crippen LogP contribution >= 0.6 is 0 Å². The Hall–Kier alpha value is -2.22.